The van der Waals surface area contributed by atoms with Gasteiger partial charge in [-0.1, -0.05) is 6.92 Å². The molecule has 0 amide bonds. The van der Waals surface area contributed by atoms with E-state index in [4.69, 9.17) is 0 Å². The van der Waals surface area contributed by atoms with Gasteiger partial charge in [0.05, 0.1) is 0 Å². The summed E-state index contributed by atoms with van der Waals surface area (Å²) < 4.78 is 0. The Kier molecular flexibility index (Phi) is 2.17. The fourth-order valence-electron chi connectivity index (χ4n) is 0.0722. The fraction of sp³-hybridized carbons (Fsp3) is 0.500. The van der Waals surface area contributed by atoms with Crippen LogP contribution in [0.2, 0.25) is 0 Å². The van der Waals surface area contributed by atoms with Crippen molar-refractivity contribution in [1.29, 1.82) is 0 Å². The minimum absolute atomic E-state index is 0.267. The van der Waals surface area contributed by atoms with Gasteiger partial charge in [-0.15, -0.1) is 0 Å². The number of carbonyl (C=O) groups excluding carboxylic acids is 1. The summed E-state index contributed by atoms with van der Waals surface area (Å²) >= 11 is 0. The molecule has 6 heavy (non-hydrogen) atoms. The Labute approximate surface area is 36.1 Å². The number of hydrogen-bond acceptors (Lipinski definition) is 1. The Morgan fingerprint density at radius 1 is 1.83 bits per heavy atom. The standard InChI is InChI=1S/C4H5O2/c1-2-4(6)3-5/h2H2,1H3. The molecule has 0 rings (SSSR count). The van der Waals surface area contributed by atoms with E-state index >= 15 is 0 Å². The third-order valence-corrected chi connectivity index (χ3v) is 0.435. The smallest absolute Gasteiger partial charge is 0.238 e. The molecule has 0 saturated heterocycles. The molecule has 0 heterocycles. The van der Waals surface area contributed by atoms with Gasteiger partial charge in [-0.25, -0.2) is 4.79 Å². The zero-order valence-electron chi connectivity index (χ0n) is 3.52. The molecule has 2 heteroatoms. The highest BCUT2D eigenvalue weighted by molar-refractivity contribution is 5.48. The van der Waals surface area contributed by atoms with Crippen molar-refractivity contribution in [3.63, 3.8) is 0 Å². The van der Waals surface area contributed by atoms with Crippen LogP contribution in [0.1, 0.15) is 13.3 Å². The van der Waals surface area contributed by atoms with Crippen molar-refractivity contribution >= 4 is 5.94 Å². The average molecular weight is 85.1 g/mol. The van der Waals surface area contributed by atoms with Gasteiger partial charge in [-0.2, -0.15) is 0 Å². The number of rotatable bonds is 1. The van der Waals surface area contributed by atoms with Crippen LogP contribution in [0.5, 0.6) is 0 Å². The second-order valence-electron chi connectivity index (χ2n) is 0.879. The van der Waals surface area contributed by atoms with E-state index in [2.05, 4.69) is 0 Å². The molecule has 0 fully saturated rings. The maximum atomic E-state index is 9.76. The van der Waals surface area contributed by atoms with E-state index in [0.717, 1.165) is 0 Å². The van der Waals surface area contributed by atoms with E-state index in [-0.39, 0.29) is 6.42 Å². The highest BCUT2D eigenvalue weighted by Crippen LogP contribution is 1.84. The molecule has 0 aliphatic carbocycles. The average Bonchev–Trinajstić information content (AvgIpc) is 1.65. The summed E-state index contributed by atoms with van der Waals surface area (Å²) in [6.07, 6.45) is 0.267. The summed E-state index contributed by atoms with van der Waals surface area (Å²) in [6.45, 7) is 1.62. The molecule has 0 aromatic rings. The molecule has 2 nitrogen and oxygen atoms in total. The maximum absolute atomic E-state index is 9.76. The first kappa shape index (κ1) is 5.25. The van der Waals surface area contributed by atoms with E-state index in [0.29, 0.717) is 0 Å². The van der Waals surface area contributed by atoms with Crippen molar-refractivity contribution in [2.45, 2.75) is 13.3 Å². The highest BCUT2D eigenvalue weighted by Gasteiger charge is 1.84. The summed E-state index contributed by atoms with van der Waals surface area (Å²) in [5.41, 5.74) is 0. The molecule has 0 spiro atoms. The van der Waals surface area contributed by atoms with Crippen molar-refractivity contribution in [3.05, 3.63) is 5.76 Å². The topological polar surface area (TPSA) is 37.0 Å². The lowest BCUT2D eigenvalue weighted by Gasteiger charge is -1.70. The van der Waals surface area contributed by atoms with E-state index in [1.54, 1.807) is 6.92 Å². The van der Waals surface area contributed by atoms with Gasteiger partial charge >= 0.3 is 0 Å². The van der Waals surface area contributed by atoms with E-state index < -0.39 is 5.76 Å². The molecule has 0 aromatic carbocycles. The van der Waals surface area contributed by atoms with E-state index in [1.165, 1.54) is 5.94 Å². The number of allylic oxidation sites excluding steroid dienone is 1. The van der Waals surface area contributed by atoms with Crippen LogP contribution in [0.15, 0.2) is 5.76 Å². The normalized spacial score (nSPS) is 6.83. The molecular weight excluding hydrogens is 80.0 g/mol. The van der Waals surface area contributed by atoms with Crippen LogP contribution in [-0.4, -0.2) is 5.94 Å². The molecule has 33 valence electrons. The molecule has 0 unspecified atom stereocenters. The van der Waals surface area contributed by atoms with Crippen LogP contribution in [0.25, 0.3) is 0 Å². The van der Waals surface area contributed by atoms with Gasteiger partial charge in [0.15, 0.2) is 5.94 Å². The van der Waals surface area contributed by atoms with Crippen molar-refractivity contribution in [1.82, 2.24) is 0 Å². The quantitative estimate of drug-likeness (QED) is 0.338. The Balaban J connectivity index is 3.52. The number of hydrogen-bond donors (Lipinski definition) is 0. The summed E-state index contributed by atoms with van der Waals surface area (Å²) in [4.78, 5) is 9.26. The predicted octanol–water partition coefficient (Wildman–Crippen LogP) is 0.542. The van der Waals surface area contributed by atoms with Crippen molar-refractivity contribution in [3.8, 4) is 0 Å². The second kappa shape index (κ2) is 2.49. The van der Waals surface area contributed by atoms with Crippen molar-refractivity contribution in [2.75, 3.05) is 0 Å². The largest absolute Gasteiger partial charge is 0.282 e. The Bertz CT molecular complexity index is 79.5. The van der Waals surface area contributed by atoms with Gasteiger partial charge in [0.1, 0.15) is 0 Å². The summed E-state index contributed by atoms with van der Waals surface area (Å²) in [5.74, 6) is 0.763. The maximum Gasteiger partial charge on any atom is 0.238 e. The summed E-state index contributed by atoms with van der Waals surface area (Å²) in [5, 5.41) is 9.76. The highest BCUT2D eigenvalue weighted by atomic mass is 16.3. The Morgan fingerprint density at radius 3 is 2.33 bits per heavy atom. The Hall–Kier alpha value is -0.750. The van der Waals surface area contributed by atoms with Crippen molar-refractivity contribution in [2.24, 2.45) is 0 Å². The van der Waals surface area contributed by atoms with Gasteiger partial charge < -0.3 is 0 Å². The van der Waals surface area contributed by atoms with E-state index in [1.807, 2.05) is 0 Å². The predicted molar refractivity (Wildman–Crippen MR) is 20.2 cm³/mol. The first-order valence-electron chi connectivity index (χ1n) is 1.72. The molecule has 0 aliphatic heterocycles. The molecule has 0 aliphatic rings. The van der Waals surface area contributed by atoms with Gasteiger partial charge in [0.25, 0.3) is 0 Å². The van der Waals surface area contributed by atoms with Crippen LogP contribution >= 0.6 is 0 Å². The summed E-state index contributed by atoms with van der Waals surface area (Å²) in [7, 11) is 0. The van der Waals surface area contributed by atoms with Gasteiger partial charge in [0, 0.05) is 6.42 Å². The SMILES string of the molecule is CCC([O])=C=O. The molecule has 0 N–H and O–H groups in total. The monoisotopic (exact) mass is 85.0 g/mol. The molecule has 0 aromatic heterocycles. The van der Waals surface area contributed by atoms with Gasteiger partial charge in [-0.3, -0.25) is 5.11 Å². The Morgan fingerprint density at radius 2 is 2.33 bits per heavy atom. The second-order valence-corrected chi connectivity index (χ2v) is 0.879. The third-order valence-electron chi connectivity index (χ3n) is 0.435. The molecule has 0 saturated carbocycles. The first-order valence-corrected chi connectivity index (χ1v) is 1.72. The lowest BCUT2D eigenvalue weighted by atomic mass is 10.4. The van der Waals surface area contributed by atoms with Gasteiger partial charge in [-0.05, 0) is 0 Å². The zero-order chi connectivity index (χ0) is 4.99. The molecule has 0 atom stereocenters. The van der Waals surface area contributed by atoms with Gasteiger partial charge in [0.2, 0.25) is 5.76 Å². The minimum atomic E-state index is -0.463. The van der Waals surface area contributed by atoms with Crippen molar-refractivity contribution < 1.29 is 9.90 Å². The van der Waals surface area contributed by atoms with Crippen LogP contribution in [-0.2, 0) is 9.90 Å². The molecule has 1 radical (unpaired) electrons. The zero-order valence-corrected chi connectivity index (χ0v) is 3.52. The lowest BCUT2D eigenvalue weighted by Crippen LogP contribution is -1.70. The van der Waals surface area contributed by atoms with E-state index in [9.17, 15) is 9.90 Å². The third kappa shape index (κ3) is 1.56. The van der Waals surface area contributed by atoms with Crippen LogP contribution in [0, 0.1) is 0 Å². The lowest BCUT2D eigenvalue weighted by molar-refractivity contribution is 0.289. The van der Waals surface area contributed by atoms with Crippen LogP contribution < -0.4 is 0 Å². The fourth-order valence-corrected chi connectivity index (χ4v) is 0.0722. The minimum Gasteiger partial charge on any atom is -0.282 e. The van der Waals surface area contributed by atoms with Crippen LogP contribution in [0.4, 0.5) is 0 Å². The van der Waals surface area contributed by atoms with Crippen LogP contribution in [0.3, 0.4) is 0 Å². The first-order chi connectivity index (χ1) is 2.81. The molecule has 0 bridgehead atoms. The summed E-state index contributed by atoms with van der Waals surface area (Å²) in [6, 6.07) is 0. The molecular formula is C4H5O2.